The van der Waals surface area contributed by atoms with Gasteiger partial charge in [-0.05, 0) is 27.2 Å². The Kier molecular flexibility index (Phi) is 9.16. The predicted octanol–water partition coefficient (Wildman–Crippen LogP) is 8.14. The maximum absolute atomic E-state index is 6.98. The van der Waals surface area contributed by atoms with Crippen LogP contribution in [-0.4, -0.2) is 6.61 Å². The van der Waals surface area contributed by atoms with Gasteiger partial charge in [-0.2, -0.15) is 0 Å². The lowest BCUT2D eigenvalue weighted by molar-refractivity contribution is -0.00213. The number of benzene rings is 3. The Hall–Kier alpha value is -1.91. The number of halogens is 1. The van der Waals surface area contributed by atoms with Crippen LogP contribution in [0.1, 0.15) is 49.3 Å². The van der Waals surface area contributed by atoms with Gasteiger partial charge < -0.3 is 4.74 Å². The molecule has 0 aliphatic carbocycles. The molecule has 3 aromatic rings. The minimum absolute atomic E-state index is 0.406. The molecule has 0 fully saturated rings. The fraction of sp³-hybridized carbons (Fsp3) is 0.286. The van der Waals surface area contributed by atoms with Crippen molar-refractivity contribution < 1.29 is 4.74 Å². The van der Waals surface area contributed by atoms with Gasteiger partial charge in [-0.15, -0.1) is 0 Å². The molecule has 0 spiro atoms. The van der Waals surface area contributed by atoms with Crippen LogP contribution in [0.5, 0.6) is 0 Å². The van der Waals surface area contributed by atoms with E-state index in [-0.39, 0.29) is 0 Å². The largest absolute Gasteiger partial charge is 0.360 e. The zero-order valence-corrected chi connectivity index (χ0v) is 19.9. The van der Waals surface area contributed by atoms with Gasteiger partial charge in [0.15, 0.2) is 0 Å². The van der Waals surface area contributed by atoms with E-state index in [2.05, 4.69) is 131 Å². The first-order valence-electron chi connectivity index (χ1n) is 10.9. The van der Waals surface area contributed by atoms with E-state index in [4.69, 9.17) is 4.74 Å². The predicted molar refractivity (Wildman–Crippen MR) is 136 cm³/mol. The molecule has 2 heteroatoms. The fourth-order valence-electron chi connectivity index (χ4n) is 4.00. The number of hydrogen-bond acceptors (Lipinski definition) is 1. The van der Waals surface area contributed by atoms with Crippen LogP contribution in [0.4, 0.5) is 0 Å². The Labute approximate surface area is 195 Å². The number of hydrogen-bond donors (Lipinski definition) is 0. The minimum Gasteiger partial charge on any atom is -0.360 e. The van der Waals surface area contributed by atoms with Gasteiger partial charge in [0, 0.05) is 5.92 Å². The molecule has 0 N–H and O–H groups in total. The molecule has 0 heterocycles. The van der Waals surface area contributed by atoms with Crippen molar-refractivity contribution >= 4 is 22.6 Å². The van der Waals surface area contributed by atoms with Crippen LogP contribution in [0.2, 0.25) is 0 Å². The molecule has 30 heavy (non-hydrogen) atoms. The lowest BCUT2D eigenvalue weighted by atomic mass is 9.80. The second-order valence-electron chi connectivity index (χ2n) is 7.66. The molecule has 0 aliphatic rings. The highest BCUT2D eigenvalue weighted by molar-refractivity contribution is 14.1. The highest BCUT2D eigenvalue weighted by atomic mass is 127. The molecular weight excluding hydrogens is 479 g/mol. The first-order chi connectivity index (χ1) is 14.8. The zero-order valence-electron chi connectivity index (χ0n) is 17.7. The summed E-state index contributed by atoms with van der Waals surface area (Å²) in [5.41, 5.74) is 2.85. The highest BCUT2D eigenvalue weighted by Gasteiger charge is 2.37. The number of unbranched alkanes of at least 4 members (excludes halogenated alkanes) is 2. The van der Waals surface area contributed by atoms with Crippen LogP contribution in [0.3, 0.4) is 0 Å². The zero-order chi connectivity index (χ0) is 21.1. The molecule has 156 valence electrons. The van der Waals surface area contributed by atoms with E-state index in [1.807, 2.05) is 0 Å². The van der Waals surface area contributed by atoms with Gasteiger partial charge in [0.2, 0.25) is 0 Å². The van der Waals surface area contributed by atoms with E-state index in [0.29, 0.717) is 12.5 Å². The SMILES string of the molecule is CCCCCC(/C=C/I)COC(c1ccccc1)(c1ccccc1)c1ccccc1. The molecular formula is C28H31IO. The topological polar surface area (TPSA) is 9.23 Å². The fourth-order valence-corrected chi connectivity index (χ4v) is 4.58. The Morgan fingerprint density at radius 1 is 0.767 bits per heavy atom. The Morgan fingerprint density at radius 3 is 1.63 bits per heavy atom. The average molecular weight is 510 g/mol. The van der Waals surface area contributed by atoms with E-state index >= 15 is 0 Å². The maximum Gasteiger partial charge on any atom is 0.143 e. The molecule has 3 aromatic carbocycles. The Balaban J connectivity index is 2.04. The smallest absolute Gasteiger partial charge is 0.143 e. The third-order valence-corrected chi connectivity index (χ3v) is 5.99. The Bertz CT molecular complexity index is 778. The van der Waals surface area contributed by atoms with Gasteiger partial charge >= 0.3 is 0 Å². The lowest BCUT2D eigenvalue weighted by Gasteiger charge is -2.37. The minimum atomic E-state index is -0.633. The number of rotatable bonds is 11. The first-order valence-corrected chi connectivity index (χ1v) is 12.1. The van der Waals surface area contributed by atoms with Crippen molar-refractivity contribution in [3.63, 3.8) is 0 Å². The lowest BCUT2D eigenvalue weighted by Crippen LogP contribution is -2.34. The monoisotopic (exact) mass is 510 g/mol. The van der Waals surface area contributed by atoms with Crippen molar-refractivity contribution in [2.45, 2.75) is 38.2 Å². The van der Waals surface area contributed by atoms with Crippen molar-refractivity contribution in [2.24, 2.45) is 5.92 Å². The number of ether oxygens (including phenoxy) is 1. The van der Waals surface area contributed by atoms with E-state index in [1.165, 1.54) is 19.3 Å². The molecule has 0 aliphatic heterocycles. The summed E-state index contributed by atoms with van der Waals surface area (Å²) in [6, 6.07) is 31.9. The van der Waals surface area contributed by atoms with Gasteiger partial charge in [0.25, 0.3) is 0 Å². The van der Waals surface area contributed by atoms with Crippen LogP contribution >= 0.6 is 22.6 Å². The summed E-state index contributed by atoms with van der Waals surface area (Å²) in [5, 5.41) is 0. The molecule has 0 saturated carbocycles. The van der Waals surface area contributed by atoms with Crippen LogP contribution in [0.25, 0.3) is 0 Å². The van der Waals surface area contributed by atoms with Crippen LogP contribution in [0.15, 0.2) is 101 Å². The third-order valence-electron chi connectivity index (χ3n) is 5.58. The van der Waals surface area contributed by atoms with E-state index in [9.17, 15) is 0 Å². The van der Waals surface area contributed by atoms with E-state index in [1.54, 1.807) is 0 Å². The van der Waals surface area contributed by atoms with Crippen molar-refractivity contribution in [1.82, 2.24) is 0 Å². The standard InChI is InChI=1S/C28H31IO/c1-2-3-7-14-24(21-22-29)23-30-28(25-15-8-4-9-16-25,26-17-10-5-11-18-26)27-19-12-6-13-20-27/h4-6,8-13,15-22,24H,2-3,7,14,23H2,1H3/b22-21+. The third kappa shape index (κ3) is 5.61. The molecule has 0 radical (unpaired) electrons. The summed E-state index contributed by atoms with van der Waals surface area (Å²) < 4.78 is 9.11. The molecule has 0 saturated heterocycles. The van der Waals surface area contributed by atoms with Crippen molar-refractivity contribution in [1.29, 1.82) is 0 Å². The Morgan fingerprint density at radius 2 is 1.23 bits per heavy atom. The van der Waals surface area contributed by atoms with Crippen LogP contribution < -0.4 is 0 Å². The summed E-state index contributed by atoms with van der Waals surface area (Å²) in [6.07, 6.45) is 7.20. The van der Waals surface area contributed by atoms with E-state index < -0.39 is 5.60 Å². The van der Waals surface area contributed by atoms with Gasteiger partial charge in [0.1, 0.15) is 5.60 Å². The second kappa shape index (κ2) is 12.1. The van der Waals surface area contributed by atoms with Crippen molar-refractivity contribution in [3.05, 3.63) is 118 Å². The molecule has 1 atom stereocenters. The van der Waals surface area contributed by atoms with Gasteiger partial charge in [-0.1, -0.05) is 146 Å². The maximum atomic E-state index is 6.98. The van der Waals surface area contributed by atoms with Crippen LogP contribution in [0, 0.1) is 5.92 Å². The van der Waals surface area contributed by atoms with Gasteiger partial charge in [-0.25, -0.2) is 0 Å². The highest BCUT2D eigenvalue weighted by Crippen LogP contribution is 2.41. The van der Waals surface area contributed by atoms with Crippen molar-refractivity contribution in [3.8, 4) is 0 Å². The molecule has 3 rings (SSSR count). The normalized spacial score (nSPS) is 12.9. The molecule has 1 nitrogen and oxygen atoms in total. The first kappa shape index (κ1) is 22.8. The molecule has 0 amide bonds. The summed E-state index contributed by atoms with van der Waals surface area (Å²) >= 11 is 2.32. The molecule has 0 bridgehead atoms. The second-order valence-corrected chi connectivity index (χ2v) is 8.38. The summed E-state index contributed by atoms with van der Waals surface area (Å²) in [5.74, 6) is 0.406. The summed E-state index contributed by atoms with van der Waals surface area (Å²) in [4.78, 5) is 0. The molecule has 0 aromatic heterocycles. The summed E-state index contributed by atoms with van der Waals surface area (Å²) in [6.45, 7) is 2.94. The van der Waals surface area contributed by atoms with Gasteiger partial charge in [-0.3, -0.25) is 0 Å². The van der Waals surface area contributed by atoms with E-state index in [0.717, 1.165) is 23.1 Å². The quantitative estimate of drug-likeness (QED) is 0.144. The van der Waals surface area contributed by atoms with Crippen LogP contribution in [-0.2, 0) is 10.3 Å². The average Bonchev–Trinajstić information content (AvgIpc) is 2.82. The molecule has 1 unspecified atom stereocenters. The van der Waals surface area contributed by atoms with Crippen molar-refractivity contribution in [2.75, 3.05) is 6.61 Å². The van der Waals surface area contributed by atoms with Gasteiger partial charge in [0.05, 0.1) is 6.61 Å². The summed E-state index contributed by atoms with van der Waals surface area (Å²) in [7, 11) is 0.